The van der Waals surface area contributed by atoms with Crippen LogP contribution in [0.2, 0.25) is 0 Å². The molecule has 0 aliphatic heterocycles. The zero-order chi connectivity index (χ0) is 14.0. The van der Waals surface area contributed by atoms with Gasteiger partial charge in [-0.1, -0.05) is 25.2 Å². The third-order valence-electron chi connectivity index (χ3n) is 2.63. The van der Waals surface area contributed by atoms with E-state index in [-0.39, 0.29) is 18.0 Å². The van der Waals surface area contributed by atoms with Gasteiger partial charge in [-0.25, -0.2) is 4.79 Å². The van der Waals surface area contributed by atoms with Crippen molar-refractivity contribution in [3.8, 4) is 0 Å². The highest BCUT2D eigenvalue weighted by Crippen LogP contribution is 2.34. The summed E-state index contributed by atoms with van der Waals surface area (Å²) >= 11 is 0.293. The Kier molecular flexibility index (Phi) is 4.15. The number of carboxylic acids is 1. The zero-order valence-electron chi connectivity index (χ0n) is 9.71. The number of anilines is 1. The lowest BCUT2D eigenvalue weighted by Crippen LogP contribution is -2.45. The van der Waals surface area contributed by atoms with Crippen molar-refractivity contribution in [1.82, 2.24) is 10.2 Å². The largest absolute Gasteiger partial charge is 0.480 e. The Hall–Kier alpha value is -1.38. The predicted molar refractivity (Wildman–Crippen MR) is 59.5 cm³/mol. The van der Waals surface area contributed by atoms with E-state index in [1.54, 1.807) is 13.8 Å². The van der Waals surface area contributed by atoms with Gasteiger partial charge in [0.25, 0.3) is 0 Å². The zero-order valence-corrected chi connectivity index (χ0v) is 10.5. The molecular formula is C9H12F3N3O2S. The van der Waals surface area contributed by atoms with Crippen LogP contribution < -0.4 is 5.32 Å². The number of hydrogen-bond acceptors (Lipinski definition) is 5. The van der Waals surface area contributed by atoms with Gasteiger partial charge in [-0.2, -0.15) is 13.2 Å². The number of hydrogen-bond donors (Lipinski definition) is 2. The molecule has 0 bridgehead atoms. The summed E-state index contributed by atoms with van der Waals surface area (Å²) < 4.78 is 37.0. The minimum absolute atomic E-state index is 0.145. The molecule has 0 atom stereocenters. The van der Waals surface area contributed by atoms with Crippen LogP contribution in [-0.4, -0.2) is 26.8 Å². The average Bonchev–Trinajstić information content (AvgIpc) is 2.73. The summed E-state index contributed by atoms with van der Waals surface area (Å²) in [5.74, 6) is -1.13. The van der Waals surface area contributed by atoms with Crippen molar-refractivity contribution >= 4 is 22.4 Å². The van der Waals surface area contributed by atoms with Crippen molar-refractivity contribution in [3.05, 3.63) is 5.01 Å². The van der Waals surface area contributed by atoms with E-state index in [1.165, 1.54) is 0 Å². The van der Waals surface area contributed by atoms with Crippen molar-refractivity contribution in [2.45, 2.75) is 38.4 Å². The van der Waals surface area contributed by atoms with Crippen LogP contribution >= 0.6 is 11.3 Å². The molecule has 1 heterocycles. The van der Waals surface area contributed by atoms with Crippen molar-refractivity contribution in [1.29, 1.82) is 0 Å². The first-order valence-electron chi connectivity index (χ1n) is 5.17. The first-order valence-corrected chi connectivity index (χ1v) is 5.99. The Balaban J connectivity index is 2.96. The fourth-order valence-electron chi connectivity index (χ4n) is 1.38. The minimum atomic E-state index is -4.57. The quantitative estimate of drug-likeness (QED) is 0.868. The average molecular weight is 283 g/mol. The second kappa shape index (κ2) is 5.09. The maximum Gasteiger partial charge on any atom is 0.445 e. The van der Waals surface area contributed by atoms with Crippen LogP contribution in [0.15, 0.2) is 0 Å². The highest BCUT2D eigenvalue weighted by molar-refractivity contribution is 7.15. The topological polar surface area (TPSA) is 75.1 Å². The van der Waals surface area contributed by atoms with Gasteiger partial charge in [-0.3, -0.25) is 0 Å². The Morgan fingerprint density at radius 3 is 2.22 bits per heavy atom. The number of aliphatic carboxylic acids is 1. The molecule has 0 aliphatic carbocycles. The third kappa shape index (κ3) is 2.89. The number of carboxylic acid groups (broad SMARTS) is 1. The lowest BCUT2D eigenvalue weighted by atomic mass is 9.93. The van der Waals surface area contributed by atoms with Gasteiger partial charge in [0, 0.05) is 0 Å². The molecule has 18 heavy (non-hydrogen) atoms. The van der Waals surface area contributed by atoms with Gasteiger partial charge in [-0.15, -0.1) is 10.2 Å². The maximum absolute atomic E-state index is 12.3. The molecule has 5 nitrogen and oxygen atoms in total. The number of carbonyl (C=O) groups is 1. The van der Waals surface area contributed by atoms with Crippen molar-refractivity contribution in [2.75, 3.05) is 5.32 Å². The highest BCUT2D eigenvalue weighted by atomic mass is 32.1. The van der Waals surface area contributed by atoms with Crippen LogP contribution in [-0.2, 0) is 11.0 Å². The second-order valence-electron chi connectivity index (χ2n) is 3.63. The van der Waals surface area contributed by atoms with Crippen LogP contribution in [0.5, 0.6) is 0 Å². The standard InChI is InChI=1S/C9H12F3N3O2S/c1-3-8(4-2,6(16)17)13-7-15-14-5(18-7)9(10,11)12/h3-4H2,1-2H3,(H,13,15)(H,16,17). The number of halogens is 3. The fourth-order valence-corrected chi connectivity index (χ4v) is 2.08. The molecule has 0 amide bonds. The minimum Gasteiger partial charge on any atom is -0.480 e. The van der Waals surface area contributed by atoms with E-state index in [0.717, 1.165) is 0 Å². The lowest BCUT2D eigenvalue weighted by Gasteiger charge is -2.27. The fraction of sp³-hybridized carbons (Fsp3) is 0.667. The maximum atomic E-state index is 12.3. The van der Waals surface area contributed by atoms with Gasteiger partial charge < -0.3 is 10.4 Å². The summed E-state index contributed by atoms with van der Waals surface area (Å²) in [6.45, 7) is 3.27. The summed E-state index contributed by atoms with van der Waals surface area (Å²) in [6, 6.07) is 0. The molecule has 0 fully saturated rings. The van der Waals surface area contributed by atoms with E-state index >= 15 is 0 Å². The SMILES string of the molecule is CCC(CC)(Nc1nnc(C(F)(F)F)s1)C(=O)O. The molecule has 9 heteroatoms. The van der Waals surface area contributed by atoms with Gasteiger partial charge in [0.1, 0.15) is 5.54 Å². The number of nitrogens with zero attached hydrogens (tertiary/aromatic N) is 2. The molecule has 1 rings (SSSR count). The predicted octanol–water partition coefficient (Wildman–Crippen LogP) is 2.61. The van der Waals surface area contributed by atoms with E-state index in [4.69, 9.17) is 5.11 Å². The number of aromatic nitrogens is 2. The summed E-state index contributed by atoms with van der Waals surface area (Å²) in [4.78, 5) is 11.2. The Bertz CT molecular complexity index is 429. The van der Waals surface area contributed by atoms with Gasteiger partial charge in [-0.05, 0) is 12.8 Å². The number of rotatable bonds is 5. The lowest BCUT2D eigenvalue weighted by molar-refractivity contribution is -0.142. The highest BCUT2D eigenvalue weighted by Gasteiger charge is 2.39. The monoisotopic (exact) mass is 283 g/mol. The van der Waals surface area contributed by atoms with Crippen LogP contribution in [0.4, 0.5) is 18.3 Å². The molecule has 0 saturated heterocycles. The van der Waals surface area contributed by atoms with E-state index in [2.05, 4.69) is 15.5 Å². The molecular weight excluding hydrogens is 271 g/mol. The van der Waals surface area contributed by atoms with Gasteiger partial charge in [0.2, 0.25) is 10.1 Å². The number of alkyl halides is 3. The smallest absolute Gasteiger partial charge is 0.445 e. The van der Waals surface area contributed by atoms with E-state index in [9.17, 15) is 18.0 Å². The molecule has 1 aromatic heterocycles. The van der Waals surface area contributed by atoms with Crippen LogP contribution in [0, 0.1) is 0 Å². The molecule has 0 spiro atoms. The first-order chi connectivity index (χ1) is 8.25. The van der Waals surface area contributed by atoms with Crippen LogP contribution in [0.1, 0.15) is 31.7 Å². The molecule has 1 aromatic rings. The van der Waals surface area contributed by atoms with Crippen molar-refractivity contribution in [2.24, 2.45) is 0 Å². The first kappa shape index (κ1) is 14.7. The summed E-state index contributed by atoms with van der Waals surface area (Å²) in [6.07, 6.45) is -4.12. The molecule has 0 unspecified atom stereocenters. The van der Waals surface area contributed by atoms with Gasteiger partial charge in [0.05, 0.1) is 0 Å². The normalized spacial score (nSPS) is 12.5. The Morgan fingerprint density at radius 2 is 1.89 bits per heavy atom. The van der Waals surface area contributed by atoms with Gasteiger partial charge >= 0.3 is 12.1 Å². The summed E-state index contributed by atoms with van der Waals surface area (Å²) in [5, 5.41) is 16.7. The second-order valence-corrected chi connectivity index (χ2v) is 4.61. The van der Waals surface area contributed by atoms with E-state index in [1.807, 2.05) is 0 Å². The van der Waals surface area contributed by atoms with Crippen LogP contribution in [0.3, 0.4) is 0 Å². The molecule has 102 valence electrons. The molecule has 0 saturated carbocycles. The summed E-state index contributed by atoms with van der Waals surface area (Å²) in [5.41, 5.74) is -1.32. The third-order valence-corrected chi connectivity index (χ3v) is 3.51. The molecule has 0 radical (unpaired) electrons. The van der Waals surface area contributed by atoms with E-state index in [0.29, 0.717) is 11.3 Å². The van der Waals surface area contributed by atoms with Crippen molar-refractivity contribution in [3.63, 3.8) is 0 Å². The molecule has 0 aliphatic rings. The molecule has 0 aromatic carbocycles. The van der Waals surface area contributed by atoms with Gasteiger partial charge in [0.15, 0.2) is 0 Å². The number of nitrogens with one attached hydrogen (secondary N) is 1. The molecule has 2 N–H and O–H groups in total. The van der Waals surface area contributed by atoms with E-state index < -0.39 is 22.7 Å². The Morgan fingerprint density at radius 1 is 1.33 bits per heavy atom. The summed E-state index contributed by atoms with van der Waals surface area (Å²) in [7, 11) is 0. The Labute approximate surface area is 105 Å². The van der Waals surface area contributed by atoms with Crippen molar-refractivity contribution < 1.29 is 23.1 Å². The van der Waals surface area contributed by atoms with Crippen LogP contribution in [0.25, 0.3) is 0 Å².